The molecule has 98 valence electrons. The van der Waals surface area contributed by atoms with Crippen molar-refractivity contribution in [3.63, 3.8) is 0 Å². The average molecular weight is 397 g/mol. The maximum absolute atomic E-state index is 12.2. The van der Waals surface area contributed by atoms with Gasteiger partial charge in [0.2, 0.25) is 0 Å². The average Bonchev–Trinajstić information content (AvgIpc) is 2.33. The van der Waals surface area contributed by atoms with E-state index in [0.29, 0.717) is 27.9 Å². The van der Waals surface area contributed by atoms with Gasteiger partial charge in [-0.2, -0.15) is 8.42 Å². The van der Waals surface area contributed by atoms with Gasteiger partial charge in [-0.15, -0.1) is 4.40 Å². The van der Waals surface area contributed by atoms with Crippen molar-refractivity contribution in [1.29, 1.82) is 0 Å². The molecule has 0 spiro atoms. The van der Waals surface area contributed by atoms with Crippen LogP contribution in [-0.4, -0.2) is 20.9 Å². The first kappa shape index (κ1) is 14.0. The van der Waals surface area contributed by atoms with Crippen LogP contribution in [0.1, 0.15) is 19.3 Å². The van der Waals surface area contributed by atoms with Crippen molar-refractivity contribution in [2.75, 3.05) is 6.61 Å². The fraction of sp³-hybridized carbons (Fsp3) is 0.364. The van der Waals surface area contributed by atoms with E-state index in [1.54, 1.807) is 12.1 Å². The Kier molecular flexibility index (Phi) is 4.45. The molecule has 0 radical (unpaired) electrons. The Morgan fingerprint density at radius 2 is 2.00 bits per heavy atom. The molecule has 4 nitrogen and oxygen atoms in total. The van der Waals surface area contributed by atoms with Gasteiger partial charge in [0.25, 0.3) is 10.0 Å². The van der Waals surface area contributed by atoms with Crippen molar-refractivity contribution in [3.05, 3.63) is 27.1 Å². The largest absolute Gasteiger partial charge is 0.480 e. The summed E-state index contributed by atoms with van der Waals surface area (Å²) in [6.45, 7) is 0.536. The minimum absolute atomic E-state index is 0.138. The number of rotatable bonds is 2. The standard InChI is InChI=1S/C11H11Br2NO3S/c12-8-4-5-9(13)10(7-8)18(15,16)14-11-3-1-2-6-17-11/h4-5,7H,1-3,6H2/b14-11+. The van der Waals surface area contributed by atoms with Gasteiger partial charge >= 0.3 is 0 Å². The molecule has 1 aliphatic rings. The zero-order valence-corrected chi connectivity index (χ0v) is 13.4. The predicted molar refractivity (Wildman–Crippen MR) is 76.3 cm³/mol. The predicted octanol–water partition coefficient (Wildman–Crippen LogP) is 3.50. The Balaban J connectivity index is 2.38. The molecule has 1 fully saturated rings. The molecule has 0 aliphatic carbocycles. The molecule has 1 aliphatic heterocycles. The summed E-state index contributed by atoms with van der Waals surface area (Å²) in [5.41, 5.74) is 0. The third kappa shape index (κ3) is 3.33. The van der Waals surface area contributed by atoms with Crippen molar-refractivity contribution in [2.24, 2.45) is 4.40 Å². The molecule has 0 atom stereocenters. The van der Waals surface area contributed by atoms with Gasteiger partial charge < -0.3 is 4.74 Å². The Morgan fingerprint density at radius 3 is 2.67 bits per heavy atom. The quantitative estimate of drug-likeness (QED) is 0.768. The molecule has 0 aromatic heterocycles. The van der Waals surface area contributed by atoms with Crippen LogP contribution in [0.4, 0.5) is 0 Å². The monoisotopic (exact) mass is 395 g/mol. The highest BCUT2D eigenvalue weighted by molar-refractivity contribution is 9.11. The first-order chi connectivity index (χ1) is 8.49. The lowest BCUT2D eigenvalue weighted by Gasteiger charge is -2.14. The molecular formula is C11H11Br2NO3S. The van der Waals surface area contributed by atoms with Gasteiger partial charge in [0.15, 0.2) is 5.90 Å². The second-order valence-electron chi connectivity index (χ2n) is 3.84. The second kappa shape index (κ2) is 5.71. The van der Waals surface area contributed by atoms with Crippen LogP contribution in [0.15, 0.2) is 36.4 Å². The van der Waals surface area contributed by atoms with Gasteiger partial charge in [-0.3, -0.25) is 0 Å². The Labute approximate surface area is 123 Å². The van der Waals surface area contributed by atoms with E-state index in [9.17, 15) is 8.42 Å². The lowest BCUT2D eigenvalue weighted by Crippen LogP contribution is -2.15. The molecule has 1 saturated heterocycles. The molecule has 0 saturated carbocycles. The molecule has 7 heteroatoms. The third-order valence-electron chi connectivity index (χ3n) is 2.45. The minimum Gasteiger partial charge on any atom is -0.480 e. The third-order valence-corrected chi connectivity index (χ3v) is 5.23. The van der Waals surface area contributed by atoms with Gasteiger partial charge in [0.1, 0.15) is 4.90 Å². The molecule has 1 aromatic rings. The van der Waals surface area contributed by atoms with Gasteiger partial charge in [-0.25, -0.2) is 0 Å². The van der Waals surface area contributed by atoms with E-state index in [4.69, 9.17) is 4.74 Å². The van der Waals surface area contributed by atoms with Gasteiger partial charge in [-0.1, -0.05) is 15.9 Å². The first-order valence-corrected chi connectivity index (χ1v) is 8.43. The summed E-state index contributed by atoms with van der Waals surface area (Å²) >= 11 is 6.47. The molecular weight excluding hydrogens is 386 g/mol. The Bertz CT molecular complexity index is 576. The van der Waals surface area contributed by atoms with Crippen LogP contribution in [0.2, 0.25) is 0 Å². The first-order valence-electron chi connectivity index (χ1n) is 5.41. The van der Waals surface area contributed by atoms with E-state index in [1.165, 1.54) is 6.07 Å². The summed E-state index contributed by atoms with van der Waals surface area (Å²) in [5, 5.41) is 0. The Morgan fingerprint density at radius 1 is 1.22 bits per heavy atom. The number of nitrogens with zero attached hydrogens (tertiary/aromatic N) is 1. The number of hydrogen-bond donors (Lipinski definition) is 0. The van der Waals surface area contributed by atoms with Gasteiger partial charge in [0.05, 0.1) is 6.61 Å². The minimum atomic E-state index is -3.73. The van der Waals surface area contributed by atoms with Gasteiger partial charge in [0, 0.05) is 15.4 Å². The van der Waals surface area contributed by atoms with Crippen molar-refractivity contribution in [3.8, 4) is 0 Å². The number of ether oxygens (including phenoxy) is 1. The summed E-state index contributed by atoms with van der Waals surface area (Å²) in [4.78, 5) is 0.138. The maximum Gasteiger partial charge on any atom is 0.286 e. The summed E-state index contributed by atoms with van der Waals surface area (Å²) in [6.07, 6.45) is 2.43. The fourth-order valence-corrected chi connectivity index (χ4v) is 4.04. The Hall–Kier alpha value is -0.400. The van der Waals surface area contributed by atoms with E-state index in [-0.39, 0.29) is 4.90 Å². The zero-order valence-electron chi connectivity index (χ0n) is 9.40. The van der Waals surface area contributed by atoms with Crippen LogP contribution in [0.5, 0.6) is 0 Å². The summed E-state index contributed by atoms with van der Waals surface area (Å²) in [6, 6.07) is 4.94. The second-order valence-corrected chi connectivity index (χ2v) is 7.18. The number of hydrogen-bond acceptors (Lipinski definition) is 3. The van der Waals surface area contributed by atoms with Crippen LogP contribution in [0.25, 0.3) is 0 Å². The highest BCUT2D eigenvalue weighted by atomic mass is 79.9. The van der Waals surface area contributed by atoms with E-state index in [2.05, 4.69) is 36.3 Å². The van der Waals surface area contributed by atoms with E-state index in [0.717, 1.165) is 12.8 Å². The number of halogens is 2. The summed E-state index contributed by atoms with van der Waals surface area (Å²) < 4.78 is 34.5. The van der Waals surface area contributed by atoms with Crippen molar-refractivity contribution in [2.45, 2.75) is 24.2 Å². The maximum atomic E-state index is 12.2. The van der Waals surface area contributed by atoms with E-state index in [1.807, 2.05) is 0 Å². The number of sulfonamides is 1. The van der Waals surface area contributed by atoms with Crippen LogP contribution in [0, 0.1) is 0 Å². The molecule has 0 unspecified atom stereocenters. The highest BCUT2D eigenvalue weighted by Gasteiger charge is 2.20. The van der Waals surface area contributed by atoms with Crippen molar-refractivity contribution < 1.29 is 13.2 Å². The summed E-state index contributed by atoms with van der Waals surface area (Å²) in [7, 11) is -3.73. The van der Waals surface area contributed by atoms with Crippen LogP contribution in [0.3, 0.4) is 0 Å². The summed E-state index contributed by atoms with van der Waals surface area (Å²) in [5.74, 6) is 0.299. The van der Waals surface area contributed by atoms with E-state index < -0.39 is 10.0 Å². The normalized spacial score (nSPS) is 18.7. The SMILES string of the molecule is O=S(=O)(/N=C1\CCCCO1)c1cc(Br)ccc1Br. The van der Waals surface area contributed by atoms with E-state index >= 15 is 0 Å². The molecule has 1 heterocycles. The zero-order chi connectivity index (χ0) is 13.2. The fourth-order valence-electron chi connectivity index (χ4n) is 1.57. The van der Waals surface area contributed by atoms with Crippen LogP contribution in [-0.2, 0) is 14.8 Å². The molecule has 2 rings (SSSR count). The molecule has 0 N–H and O–H groups in total. The smallest absolute Gasteiger partial charge is 0.286 e. The topological polar surface area (TPSA) is 55.7 Å². The molecule has 0 bridgehead atoms. The molecule has 1 aromatic carbocycles. The van der Waals surface area contributed by atoms with Crippen LogP contribution < -0.4 is 0 Å². The molecule has 0 amide bonds. The van der Waals surface area contributed by atoms with Crippen molar-refractivity contribution >= 4 is 47.8 Å². The lowest BCUT2D eigenvalue weighted by atomic mass is 10.2. The highest BCUT2D eigenvalue weighted by Crippen LogP contribution is 2.27. The molecule has 18 heavy (non-hydrogen) atoms. The van der Waals surface area contributed by atoms with Crippen molar-refractivity contribution in [1.82, 2.24) is 0 Å². The number of benzene rings is 1. The van der Waals surface area contributed by atoms with Crippen LogP contribution >= 0.6 is 31.9 Å². The van der Waals surface area contributed by atoms with Gasteiger partial charge in [-0.05, 0) is 47.0 Å². The lowest BCUT2D eigenvalue weighted by molar-refractivity contribution is 0.261.